The second kappa shape index (κ2) is 5.14. The Labute approximate surface area is 115 Å². The van der Waals surface area contributed by atoms with E-state index in [2.05, 4.69) is 4.90 Å². The zero-order chi connectivity index (χ0) is 13.3. The first kappa shape index (κ1) is 12.9. The molecule has 0 bridgehead atoms. The van der Waals surface area contributed by atoms with Crippen molar-refractivity contribution in [3.05, 3.63) is 29.8 Å². The summed E-state index contributed by atoms with van der Waals surface area (Å²) in [6, 6.07) is 8.57. The molecule has 2 aliphatic heterocycles. The van der Waals surface area contributed by atoms with Gasteiger partial charge in [0.15, 0.2) is 0 Å². The molecular weight excluding hydrogens is 238 g/mol. The Hall–Kier alpha value is -1.06. The molecule has 19 heavy (non-hydrogen) atoms. The molecule has 0 unspecified atom stereocenters. The van der Waals surface area contributed by atoms with Gasteiger partial charge >= 0.3 is 0 Å². The highest BCUT2D eigenvalue weighted by Crippen LogP contribution is 2.40. The molecule has 0 spiro atoms. The van der Waals surface area contributed by atoms with E-state index in [1.54, 1.807) is 7.11 Å². The summed E-state index contributed by atoms with van der Waals surface area (Å²) in [5.41, 5.74) is 0.196. The van der Waals surface area contributed by atoms with E-state index in [-0.39, 0.29) is 0 Å². The van der Waals surface area contributed by atoms with Crippen molar-refractivity contribution < 1.29 is 9.84 Å². The number of fused-ring (bicyclic) bond motifs is 1. The van der Waals surface area contributed by atoms with Crippen LogP contribution in [-0.2, 0) is 5.60 Å². The highest BCUT2D eigenvalue weighted by atomic mass is 16.5. The Kier molecular flexibility index (Phi) is 3.50. The molecule has 0 aliphatic carbocycles. The van der Waals surface area contributed by atoms with E-state index in [1.165, 1.54) is 19.3 Å². The Morgan fingerprint density at radius 3 is 2.95 bits per heavy atom. The predicted molar refractivity (Wildman–Crippen MR) is 75.3 cm³/mol. The van der Waals surface area contributed by atoms with Gasteiger partial charge in [0.1, 0.15) is 11.4 Å². The number of piperidine rings is 2. The van der Waals surface area contributed by atoms with Crippen LogP contribution in [0.2, 0.25) is 0 Å². The molecule has 2 atom stereocenters. The molecule has 2 heterocycles. The van der Waals surface area contributed by atoms with Crippen LogP contribution in [0.25, 0.3) is 0 Å². The number of rotatable bonds is 2. The predicted octanol–water partition coefficient (Wildman–Crippen LogP) is 2.53. The monoisotopic (exact) mass is 261 g/mol. The molecule has 2 aliphatic rings. The summed E-state index contributed by atoms with van der Waals surface area (Å²) < 4.78 is 5.42. The minimum Gasteiger partial charge on any atom is -0.496 e. The summed E-state index contributed by atoms with van der Waals surface area (Å²) in [6.45, 7) is 1.88. The second-order valence-corrected chi connectivity index (χ2v) is 5.89. The zero-order valence-electron chi connectivity index (χ0n) is 11.6. The average molecular weight is 261 g/mol. The number of benzene rings is 1. The number of nitrogens with zero attached hydrogens (tertiary/aromatic N) is 1. The summed E-state index contributed by atoms with van der Waals surface area (Å²) in [6.07, 6.45) is 5.83. The number of para-hydroxylation sites is 1. The van der Waals surface area contributed by atoms with Crippen LogP contribution in [0, 0.1) is 0 Å². The normalized spacial score (nSPS) is 31.8. The number of methoxy groups -OCH3 is 1. The molecule has 3 rings (SSSR count). The quantitative estimate of drug-likeness (QED) is 0.888. The Morgan fingerprint density at radius 2 is 2.11 bits per heavy atom. The van der Waals surface area contributed by atoms with Gasteiger partial charge in [0.25, 0.3) is 0 Å². The van der Waals surface area contributed by atoms with Crippen molar-refractivity contribution in [2.45, 2.75) is 43.7 Å². The lowest BCUT2D eigenvalue weighted by Gasteiger charge is -2.47. The minimum absolute atomic E-state index is 0.684. The third-order valence-electron chi connectivity index (χ3n) is 4.71. The smallest absolute Gasteiger partial charge is 0.124 e. The summed E-state index contributed by atoms with van der Waals surface area (Å²) in [7, 11) is 1.68. The van der Waals surface area contributed by atoms with E-state index in [0.717, 1.165) is 37.2 Å². The molecule has 104 valence electrons. The van der Waals surface area contributed by atoms with Crippen LogP contribution >= 0.6 is 0 Å². The van der Waals surface area contributed by atoms with Crippen LogP contribution in [0.3, 0.4) is 0 Å². The van der Waals surface area contributed by atoms with Crippen molar-refractivity contribution in [3.63, 3.8) is 0 Å². The van der Waals surface area contributed by atoms with Crippen LogP contribution in [0.5, 0.6) is 5.75 Å². The van der Waals surface area contributed by atoms with E-state index in [1.807, 2.05) is 24.3 Å². The SMILES string of the molecule is COc1ccccc1[C@]1(O)CC[C@@H]2CCCCN2C1. The average Bonchev–Trinajstić information content (AvgIpc) is 2.47. The van der Waals surface area contributed by atoms with Crippen molar-refractivity contribution in [3.8, 4) is 5.75 Å². The van der Waals surface area contributed by atoms with E-state index in [4.69, 9.17) is 4.74 Å². The molecule has 0 amide bonds. The number of ether oxygens (including phenoxy) is 1. The molecule has 1 N–H and O–H groups in total. The molecule has 2 saturated heterocycles. The molecule has 2 fully saturated rings. The van der Waals surface area contributed by atoms with E-state index >= 15 is 0 Å². The van der Waals surface area contributed by atoms with Crippen LogP contribution in [-0.4, -0.2) is 36.2 Å². The lowest BCUT2D eigenvalue weighted by atomic mass is 9.80. The molecular formula is C16H23NO2. The van der Waals surface area contributed by atoms with Gasteiger partial charge in [-0.2, -0.15) is 0 Å². The van der Waals surface area contributed by atoms with Gasteiger partial charge in [0.05, 0.1) is 7.11 Å². The van der Waals surface area contributed by atoms with Crippen LogP contribution in [0.15, 0.2) is 24.3 Å². The van der Waals surface area contributed by atoms with Gasteiger partial charge in [-0.3, -0.25) is 4.90 Å². The first-order valence-corrected chi connectivity index (χ1v) is 7.33. The van der Waals surface area contributed by atoms with Gasteiger partial charge in [0.2, 0.25) is 0 Å². The minimum atomic E-state index is -0.750. The maximum Gasteiger partial charge on any atom is 0.124 e. The lowest BCUT2D eigenvalue weighted by Crippen LogP contribution is -2.52. The third kappa shape index (κ3) is 2.37. The van der Waals surface area contributed by atoms with E-state index in [9.17, 15) is 5.11 Å². The maximum absolute atomic E-state index is 11.1. The fourth-order valence-electron chi connectivity index (χ4n) is 3.66. The number of hydrogen-bond acceptors (Lipinski definition) is 3. The largest absolute Gasteiger partial charge is 0.496 e. The maximum atomic E-state index is 11.1. The molecule has 1 aromatic carbocycles. The summed E-state index contributed by atoms with van der Waals surface area (Å²) >= 11 is 0. The fourth-order valence-corrected chi connectivity index (χ4v) is 3.66. The molecule has 3 heteroatoms. The summed E-state index contributed by atoms with van der Waals surface area (Å²) in [5, 5.41) is 11.1. The fraction of sp³-hybridized carbons (Fsp3) is 0.625. The standard InChI is InChI=1S/C16H23NO2/c1-19-15-8-3-2-7-14(15)16(18)10-9-13-6-4-5-11-17(13)12-16/h2-3,7-8,13,18H,4-6,9-12H2,1H3/t13-,16-/m0/s1. The first-order valence-electron chi connectivity index (χ1n) is 7.33. The molecule has 0 saturated carbocycles. The van der Waals surface area contributed by atoms with Crippen molar-refractivity contribution in [2.24, 2.45) is 0 Å². The van der Waals surface area contributed by atoms with Crippen molar-refractivity contribution >= 4 is 0 Å². The highest BCUT2D eigenvalue weighted by Gasteiger charge is 2.41. The van der Waals surface area contributed by atoms with Crippen molar-refractivity contribution in [1.82, 2.24) is 4.90 Å². The van der Waals surface area contributed by atoms with Crippen molar-refractivity contribution in [1.29, 1.82) is 0 Å². The van der Waals surface area contributed by atoms with Gasteiger partial charge in [-0.25, -0.2) is 0 Å². The van der Waals surface area contributed by atoms with Crippen LogP contribution in [0.4, 0.5) is 0 Å². The van der Waals surface area contributed by atoms with Gasteiger partial charge in [-0.1, -0.05) is 24.6 Å². The summed E-state index contributed by atoms with van der Waals surface area (Å²) in [4.78, 5) is 2.47. The first-order chi connectivity index (χ1) is 9.23. The molecule has 0 aromatic heterocycles. The summed E-state index contributed by atoms with van der Waals surface area (Å²) in [5.74, 6) is 0.806. The van der Waals surface area contributed by atoms with E-state index < -0.39 is 5.60 Å². The van der Waals surface area contributed by atoms with Crippen LogP contribution < -0.4 is 4.74 Å². The van der Waals surface area contributed by atoms with Gasteiger partial charge in [0, 0.05) is 18.2 Å². The lowest BCUT2D eigenvalue weighted by molar-refractivity contribution is -0.0671. The van der Waals surface area contributed by atoms with Crippen molar-refractivity contribution in [2.75, 3.05) is 20.2 Å². The van der Waals surface area contributed by atoms with Gasteiger partial charge in [-0.15, -0.1) is 0 Å². The van der Waals surface area contributed by atoms with Gasteiger partial charge < -0.3 is 9.84 Å². The molecule has 0 radical (unpaired) electrons. The third-order valence-corrected chi connectivity index (χ3v) is 4.71. The van der Waals surface area contributed by atoms with E-state index in [0.29, 0.717) is 6.04 Å². The number of hydrogen-bond donors (Lipinski definition) is 1. The molecule has 3 nitrogen and oxygen atoms in total. The highest BCUT2D eigenvalue weighted by molar-refractivity contribution is 5.38. The zero-order valence-corrected chi connectivity index (χ0v) is 11.6. The Balaban J connectivity index is 1.86. The molecule has 1 aromatic rings. The Morgan fingerprint density at radius 1 is 1.26 bits per heavy atom. The van der Waals surface area contributed by atoms with Gasteiger partial charge in [-0.05, 0) is 38.3 Å². The number of aliphatic hydroxyl groups is 1. The topological polar surface area (TPSA) is 32.7 Å². The van der Waals surface area contributed by atoms with Crippen LogP contribution in [0.1, 0.15) is 37.7 Å². The second-order valence-electron chi connectivity index (χ2n) is 5.89. The Bertz CT molecular complexity index is 448.